The summed E-state index contributed by atoms with van der Waals surface area (Å²) in [6.45, 7) is 7.63. The van der Waals surface area contributed by atoms with Gasteiger partial charge in [0.25, 0.3) is 0 Å². The molecule has 0 spiro atoms. The van der Waals surface area contributed by atoms with Crippen molar-refractivity contribution < 1.29 is 0 Å². The van der Waals surface area contributed by atoms with E-state index >= 15 is 0 Å². The first-order valence-corrected chi connectivity index (χ1v) is 9.42. The van der Waals surface area contributed by atoms with Gasteiger partial charge in [-0.1, -0.05) is 42.8 Å². The van der Waals surface area contributed by atoms with Crippen LogP contribution in [-0.4, -0.2) is 19.7 Å². The molecule has 0 aliphatic heterocycles. The van der Waals surface area contributed by atoms with Crippen LogP contribution >= 0.6 is 11.6 Å². The maximum absolute atomic E-state index is 6.39. The van der Waals surface area contributed by atoms with Gasteiger partial charge < -0.3 is 0 Å². The van der Waals surface area contributed by atoms with Crippen LogP contribution in [-0.2, 0) is 26.2 Å². The Balaban J connectivity index is 1.81. The molecule has 0 unspecified atom stereocenters. The summed E-state index contributed by atoms with van der Waals surface area (Å²) in [6, 6.07) is 14.1. The minimum atomic E-state index is 0.768. The van der Waals surface area contributed by atoms with Gasteiger partial charge in [0, 0.05) is 48.7 Å². The fraction of sp³-hybridized carbons (Fsp3) is 0.333. The smallest absolute Gasteiger partial charge is 0.0544 e. The van der Waals surface area contributed by atoms with Gasteiger partial charge in [-0.15, -0.1) is 0 Å². The summed E-state index contributed by atoms with van der Waals surface area (Å²) < 4.78 is 2.09. The molecule has 0 fully saturated rings. The molecular weight excluding hydrogens is 344 g/mol. The van der Waals surface area contributed by atoms with Crippen molar-refractivity contribution in [2.75, 3.05) is 0 Å². The van der Waals surface area contributed by atoms with Crippen LogP contribution in [0.1, 0.15) is 35.9 Å². The zero-order chi connectivity index (χ0) is 18.4. The first-order chi connectivity index (χ1) is 12.7. The third-order valence-corrected chi connectivity index (χ3v) is 4.87. The van der Waals surface area contributed by atoms with Gasteiger partial charge in [0.1, 0.15) is 0 Å². The Labute approximate surface area is 160 Å². The lowest BCUT2D eigenvalue weighted by molar-refractivity contribution is 0.244. The molecule has 5 heteroatoms. The molecule has 0 saturated carbocycles. The second-order valence-electron chi connectivity index (χ2n) is 6.54. The number of halogens is 1. The lowest BCUT2D eigenvalue weighted by Gasteiger charge is -2.22. The minimum Gasteiger partial charge on any atom is -0.289 e. The fourth-order valence-electron chi connectivity index (χ4n) is 3.07. The Bertz CT molecular complexity index is 829. The maximum Gasteiger partial charge on any atom is 0.0544 e. The molecule has 136 valence electrons. The Morgan fingerprint density at radius 2 is 1.77 bits per heavy atom. The predicted molar refractivity (Wildman–Crippen MR) is 106 cm³/mol. The summed E-state index contributed by atoms with van der Waals surface area (Å²) in [5.41, 5.74) is 4.67. The number of nitrogens with zero attached hydrogens (tertiary/aromatic N) is 4. The van der Waals surface area contributed by atoms with Crippen LogP contribution in [0.15, 0.2) is 54.9 Å². The Hall–Kier alpha value is -2.17. The van der Waals surface area contributed by atoms with E-state index in [0.29, 0.717) is 0 Å². The van der Waals surface area contributed by atoms with Crippen LogP contribution < -0.4 is 0 Å². The van der Waals surface area contributed by atoms with Gasteiger partial charge in [-0.05, 0) is 37.1 Å². The second kappa shape index (κ2) is 8.97. The average molecular weight is 369 g/mol. The van der Waals surface area contributed by atoms with Crippen LogP contribution in [0.25, 0.3) is 0 Å². The topological polar surface area (TPSA) is 34.0 Å². The van der Waals surface area contributed by atoms with Crippen LogP contribution in [0.3, 0.4) is 0 Å². The number of aryl methyl sites for hydroxylation is 1. The zero-order valence-corrected chi connectivity index (χ0v) is 16.2. The SMILES string of the molecule is CCCn1ncc(CN(Cc2ccccn2)Cc2ccccc2Cl)c1C. The largest absolute Gasteiger partial charge is 0.289 e. The Morgan fingerprint density at radius 1 is 1.00 bits per heavy atom. The molecule has 3 aromatic rings. The highest BCUT2D eigenvalue weighted by Crippen LogP contribution is 2.20. The quantitative estimate of drug-likeness (QED) is 0.569. The lowest BCUT2D eigenvalue weighted by atomic mass is 10.1. The summed E-state index contributed by atoms with van der Waals surface area (Å²) in [7, 11) is 0. The van der Waals surface area contributed by atoms with Crippen molar-refractivity contribution in [3.63, 3.8) is 0 Å². The number of pyridine rings is 1. The normalized spacial score (nSPS) is 11.2. The van der Waals surface area contributed by atoms with Gasteiger partial charge in [-0.25, -0.2) is 0 Å². The van der Waals surface area contributed by atoms with Crippen molar-refractivity contribution in [1.29, 1.82) is 0 Å². The zero-order valence-electron chi connectivity index (χ0n) is 15.4. The molecule has 1 aromatic carbocycles. The molecule has 2 heterocycles. The molecule has 0 bridgehead atoms. The van der Waals surface area contributed by atoms with Crippen molar-refractivity contribution in [3.8, 4) is 0 Å². The van der Waals surface area contributed by atoms with Gasteiger partial charge in [0.2, 0.25) is 0 Å². The Kier molecular flexibility index (Phi) is 6.42. The van der Waals surface area contributed by atoms with Crippen LogP contribution in [0, 0.1) is 6.92 Å². The van der Waals surface area contributed by atoms with Crippen molar-refractivity contribution in [2.24, 2.45) is 0 Å². The molecule has 0 N–H and O–H groups in total. The summed E-state index contributed by atoms with van der Waals surface area (Å²) in [4.78, 5) is 6.85. The third-order valence-electron chi connectivity index (χ3n) is 4.50. The van der Waals surface area contributed by atoms with E-state index in [1.54, 1.807) is 0 Å². The van der Waals surface area contributed by atoms with Crippen molar-refractivity contribution in [2.45, 2.75) is 46.4 Å². The van der Waals surface area contributed by atoms with Gasteiger partial charge in [-0.2, -0.15) is 5.10 Å². The molecule has 0 aliphatic rings. The molecule has 3 rings (SSSR count). The summed E-state index contributed by atoms with van der Waals surface area (Å²) >= 11 is 6.39. The van der Waals surface area contributed by atoms with Crippen LogP contribution in [0.4, 0.5) is 0 Å². The lowest BCUT2D eigenvalue weighted by Crippen LogP contribution is -2.23. The molecule has 0 aliphatic carbocycles. The van der Waals surface area contributed by atoms with E-state index in [2.05, 4.69) is 45.6 Å². The monoisotopic (exact) mass is 368 g/mol. The molecule has 0 radical (unpaired) electrons. The van der Waals surface area contributed by atoms with E-state index in [0.717, 1.165) is 48.9 Å². The van der Waals surface area contributed by atoms with E-state index in [9.17, 15) is 0 Å². The van der Waals surface area contributed by atoms with Crippen molar-refractivity contribution in [1.82, 2.24) is 19.7 Å². The first kappa shape index (κ1) is 18.6. The highest BCUT2D eigenvalue weighted by atomic mass is 35.5. The summed E-state index contributed by atoms with van der Waals surface area (Å²) in [6.07, 6.45) is 4.91. The van der Waals surface area contributed by atoms with Gasteiger partial charge in [0.05, 0.1) is 11.9 Å². The number of benzene rings is 1. The molecule has 4 nitrogen and oxygen atoms in total. The van der Waals surface area contributed by atoms with Gasteiger partial charge in [0.15, 0.2) is 0 Å². The van der Waals surface area contributed by atoms with E-state index in [1.807, 2.05) is 42.7 Å². The molecule has 26 heavy (non-hydrogen) atoms. The van der Waals surface area contributed by atoms with Crippen LogP contribution in [0.2, 0.25) is 5.02 Å². The Morgan fingerprint density at radius 3 is 2.50 bits per heavy atom. The number of rotatable bonds is 8. The van der Waals surface area contributed by atoms with E-state index in [-0.39, 0.29) is 0 Å². The fourth-order valence-corrected chi connectivity index (χ4v) is 3.27. The highest BCUT2D eigenvalue weighted by Gasteiger charge is 2.14. The molecule has 0 amide bonds. The molecule has 0 atom stereocenters. The van der Waals surface area contributed by atoms with Crippen molar-refractivity contribution >= 4 is 11.6 Å². The van der Waals surface area contributed by atoms with Crippen molar-refractivity contribution in [3.05, 3.63) is 82.4 Å². The van der Waals surface area contributed by atoms with Gasteiger partial charge >= 0.3 is 0 Å². The second-order valence-corrected chi connectivity index (χ2v) is 6.94. The summed E-state index contributed by atoms with van der Waals surface area (Å²) in [5, 5.41) is 5.34. The average Bonchev–Trinajstić information content (AvgIpc) is 2.98. The van der Waals surface area contributed by atoms with Crippen LogP contribution in [0.5, 0.6) is 0 Å². The highest BCUT2D eigenvalue weighted by molar-refractivity contribution is 6.31. The van der Waals surface area contributed by atoms with E-state index < -0.39 is 0 Å². The number of aromatic nitrogens is 3. The number of hydrogen-bond donors (Lipinski definition) is 0. The first-order valence-electron chi connectivity index (χ1n) is 9.04. The predicted octanol–water partition coefficient (Wildman–Crippen LogP) is 4.85. The molecule has 0 saturated heterocycles. The van der Waals surface area contributed by atoms with Gasteiger partial charge in [-0.3, -0.25) is 14.6 Å². The summed E-state index contributed by atoms with van der Waals surface area (Å²) in [5.74, 6) is 0. The molecular formula is C21H25ClN4. The van der Waals surface area contributed by atoms with E-state index in [1.165, 1.54) is 11.3 Å². The van der Waals surface area contributed by atoms with E-state index in [4.69, 9.17) is 11.6 Å². The number of hydrogen-bond acceptors (Lipinski definition) is 3. The molecule has 2 aromatic heterocycles. The minimum absolute atomic E-state index is 0.768. The standard InChI is InChI=1S/C21H25ClN4/c1-3-12-26-17(2)19(13-24-26)15-25(16-20-9-6-7-11-23-20)14-18-8-4-5-10-21(18)22/h4-11,13H,3,12,14-16H2,1-2H3. The third kappa shape index (κ3) is 4.71. The maximum atomic E-state index is 6.39.